The molecule has 8 nitrogen and oxygen atoms in total. The lowest BCUT2D eigenvalue weighted by atomic mass is 10.2. The highest BCUT2D eigenvalue weighted by Crippen LogP contribution is 2.34. The summed E-state index contributed by atoms with van der Waals surface area (Å²) in [5.41, 5.74) is 3.74. The van der Waals surface area contributed by atoms with Crippen LogP contribution in [-0.2, 0) is 4.79 Å². The van der Waals surface area contributed by atoms with Gasteiger partial charge in [-0.15, -0.1) is 0 Å². The van der Waals surface area contributed by atoms with Gasteiger partial charge in [-0.3, -0.25) is 20.3 Å². The molecule has 0 unspecified atom stereocenters. The SMILES string of the molecule is O=C1/C(=C\c2ccc(O)c(O)c2)SC(=S)N1Nc1ccc([N+](=O)[O-])cc1. The number of carbonyl (C=O) groups excluding carboxylic acids is 1. The van der Waals surface area contributed by atoms with Crippen LogP contribution in [0.3, 0.4) is 0 Å². The van der Waals surface area contributed by atoms with Crippen molar-refractivity contribution in [2.45, 2.75) is 0 Å². The number of non-ortho nitro benzene ring substituents is 1. The van der Waals surface area contributed by atoms with Gasteiger partial charge in [0.2, 0.25) is 0 Å². The minimum atomic E-state index is -0.515. The Hall–Kier alpha value is -3.11. The summed E-state index contributed by atoms with van der Waals surface area (Å²) < 4.78 is 0.266. The van der Waals surface area contributed by atoms with Gasteiger partial charge in [0.05, 0.1) is 15.5 Å². The highest BCUT2D eigenvalue weighted by atomic mass is 32.2. The molecule has 0 atom stereocenters. The number of benzene rings is 2. The molecule has 1 amide bonds. The lowest BCUT2D eigenvalue weighted by molar-refractivity contribution is -0.384. The van der Waals surface area contributed by atoms with E-state index in [1.165, 1.54) is 42.5 Å². The summed E-state index contributed by atoms with van der Waals surface area (Å²) >= 11 is 6.26. The van der Waals surface area contributed by atoms with E-state index in [-0.39, 0.29) is 21.5 Å². The predicted octanol–water partition coefficient (Wildman–Crippen LogP) is 3.23. The smallest absolute Gasteiger partial charge is 0.285 e. The van der Waals surface area contributed by atoms with Crippen molar-refractivity contribution in [2.24, 2.45) is 0 Å². The third kappa shape index (κ3) is 3.60. The summed E-state index contributed by atoms with van der Waals surface area (Å²) in [6.45, 7) is 0. The fourth-order valence-corrected chi connectivity index (χ4v) is 3.31. The number of hydrogen-bond donors (Lipinski definition) is 3. The number of nitrogens with zero attached hydrogens (tertiary/aromatic N) is 2. The molecular weight excluding hydrogens is 378 g/mol. The van der Waals surface area contributed by atoms with Gasteiger partial charge < -0.3 is 10.2 Å². The monoisotopic (exact) mass is 389 g/mol. The van der Waals surface area contributed by atoms with Crippen LogP contribution in [0.2, 0.25) is 0 Å². The Morgan fingerprint density at radius 3 is 2.46 bits per heavy atom. The van der Waals surface area contributed by atoms with E-state index in [4.69, 9.17) is 12.2 Å². The number of thioether (sulfide) groups is 1. The molecule has 0 spiro atoms. The molecule has 0 aliphatic carbocycles. The van der Waals surface area contributed by atoms with Crippen LogP contribution in [0.4, 0.5) is 11.4 Å². The minimum Gasteiger partial charge on any atom is -0.504 e. The quantitative estimate of drug-likeness (QED) is 0.240. The van der Waals surface area contributed by atoms with E-state index in [0.29, 0.717) is 16.2 Å². The van der Waals surface area contributed by atoms with Gasteiger partial charge in [-0.05, 0) is 48.1 Å². The molecule has 0 bridgehead atoms. The molecule has 26 heavy (non-hydrogen) atoms. The third-order valence-electron chi connectivity index (χ3n) is 3.41. The normalized spacial score (nSPS) is 15.5. The average Bonchev–Trinajstić information content (AvgIpc) is 2.86. The van der Waals surface area contributed by atoms with E-state index in [9.17, 15) is 25.1 Å². The molecule has 2 aromatic carbocycles. The van der Waals surface area contributed by atoms with Gasteiger partial charge in [0.15, 0.2) is 15.8 Å². The summed E-state index contributed by atoms with van der Waals surface area (Å²) in [5, 5.41) is 30.7. The number of thiocarbonyl (C=S) groups is 1. The molecule has 1 aliphatic rings. The summed E-state index contributed by atoms with van der Waals surface area (Å²) in [7, 11) is 0. The highest BCUT2D eigenvalue weighted by Gasteiger charge is 2.32. The van der Waals surface area contributed by atoms with Gasteiger partial charge in [0.25, 0.3) is 11.6 Å². The summed E-state index contributed by atoms with van der Waals surface area (Å²) in [4.78, 5) is 23.0. The maximum atomic E-state index is 12.5. The first-order valence-corrected chi connectivity index (χ1v) is 8.38. The van der Waals surface area contributed by atoms with E-state index in [0.717, 1.165) is 16.8 Å². The maximum absolute atomic E-state index is 12.5. The largest absolute Gasteiger partial charge is 0.504 e. The second-order valence-corrected chi connectivity index (χ2v) is 6.86. The van der Waals surface area contributed by atoms with Crippen LogP contribution in [0.1, 0.15) is 5.56 Å². The van der Waals surface area contributed by atoms with Crippen molar-refractivity contribution >= 4 is 51.7 Å². The number of nitro benzene ring substituents is 1. The van der Waals surface area contributed by atoms with E-state index in [1.54, 1.807) is 6.07 Å². The van der Waals surface area contributed by atoms with Crippen molar-refractivity contribution in [1.29, 1.82) is 0 Å². The Balaban J connectivity index is 1.79. The zero-order chi connectivity index (χ0) is 18.8. The number of hydrogen-bond acceptors (Lipinski definition) is 8. The van der Waals surface area contributed by atoms with Crippen LogP contribution in [0.5, 0.6) is 11.5 Å². The van der Waals surface area contributed by atoms with E-state index >= 15 is 0 Å². The molecule has 0 aromatic heterocycles. The standard InChI is InChI=1S/C16H11N3O5S2/c20-12-6-1-9(7-13(12)21)8-14-15(22)18(16(25)26-14)17-10-2-4-11(5-3-10)19(23)24/h1-8,17,20-21H/b14-8+. The van der Waals surface area contributed by atoms with E-state index in [1.807, 2.05) is 0 Å². The fraction of sp³-hybridized carbons (Fsp3) is 0. The zero-order valence-electron chi connectivity index (χ0n) is 12.9. The van der Waals surface area contributed by atoms with Crippen molar-refractivity contribution in [1.82, 2.24) is 5.01 Å². The number of nitro groups is 1. The number of phenolic OH excluding ortho intramolecular Hbond substituents is 2. The predicted molar refractivity (Wildman–Crippen MR) is 102 cm³/mol. The molecule has 0 radical (unpaired) electrons. The number of carbonyl (C=O) groups is 1. The van der Waals surface area contributed by atoms with Crippen molar-refractivity contribution in [3.05, 3.63) is 63.0 Å². The van der Waals surface area contributed by atoms with Crippen LogP contribution >= 0.6 is 24.0 Å². The van der Waals surface area contributed by atoms with Gasteiger partial charge in [-0.1, -0.05) is 17.8 Å². The molecule has 3 N–H and O–H groups in total. The number of hydrazine groups is 1. The molecule has 3 rings (SSSR count). The third-order valence-corrected chi connectivity index (χ3v) is 4.71. The van der Waals surface area contributed by atoms with E-state index in [2.05, 4.69) is 5.43 Å². The van der Waals surface area contributed by atoms with Crippen LogP contribution in [0.25, 0.3) is 6.08 Å². The molecule has 0 saturated carbocycles. The van der Waals surface area contributed by atoms with Crippen molar-refractivity contribution in [3.63, 3.8) is 0 Å². The molecule has 132 valence electrons. The molecule has 1 saturated heterocycles. The minimum absolute atomic E-state index is 0.0621. The molecule has 2 aromatic rings. The molecule has 1 heterocycles. The van der Waals surface area contributed by atoms with Crippen molar-refractivity contribution in [3.8, 4) is 11.5 Å². The van der Waals surface area contributed by atoms with Gasteiger partial charge in [-0.2, -0.15) is 0 Å². The number of aromatic hydroxyl groups is 2. The Morgan fingerprint density at radius 1 is 1.15 bits per heavy atom. The summed E-state index contributed by atoms with van der Waals surface area (Å²) in [6, 6.07) is 9.76. The molecule has 1 aliphatic heterocycles. The first kappa shape index (κ1) is 17.7. The highest BCUT2D eigenvalue weighted by molar-refractivity contribution is 8.26. The number of rotatable bonds is 4. The van der Waals surface area contributed by atoms with Crippen LogP contribution < -0.4 is 5.43 Å². The first-order chi connectivity index (χ1) is 12.3. The second-order valence-electron chi connectivity index (χ2n) is 5.18. The fourth-order valence-electron chi connectivity index (χ4n) is 2.13. The van der Waals surface area contributed by atoms with Crippen LogP contribution in [0, 0.1) is 10.1 Å². The lowest BCUT2D eigenvalue weighted by Crippen LogP contribution is -2.33. The second kappa shape index (κ2) is 7.02. The maximum Gasteiger partial charge on any atom is 0.285 e. The number of amides is 1. The Bertz CT molecular complexity index is 943. The summed E-state index contributed by atoms with van der Waals surface area (Å²) in [5.74, 6) is -0.946. The molecule has 1 fully saturated rings. The number of anilines is 1. The van der Waals surface area contributed by atoms with Crippen molar-refractivity contribution in [2.75, 3.05) is 5.43 Å². The van der Waals surface area contributed by atoms with Gasteiger partial charge in [0.1, 0.15) is 0 Å². The molecular formula is C16H11N3O5S2. The lowest BCUT2D eigenvalue weighted by Gasteiger charge is -2.16. The first-order valence-electron chi connectivity index (χ1n) is 7.16. The van der Waals surface area contributed by atoms with E-state index < -0.39 is 10.8 Å². The number of nitrogens with one attached hydrogen (secondary N) is 1. The Labute approximate surface area is 156 Å². The Kier molecular flexibility index (Phi) is 4.78. The van der Waals surface area contributed by atoms with Crippen LogP contribution in [-0.4, -0.2) is 30.4 Å². The Morgan fingerprint density at radius 2 is 1.85 bits per heavy atom. The van der Waals surface area contributed by atoms with Crippen LogP contribution in [0.15, 0.2) is 47.4 Å². The van der Waals surface area contributed by atoms with Gasteiger partial charge in [0, 0.05) is 12.1 Å². The topological polar surface area (TPSA) is 116 Å². The van der Waals surface area contributed by atoms with Crippen molar-refractivity contribution < 1.29 is 19.9 Å². The summed E-state index contributed by atoms with van der Waals surface area (Å²) in [6.07, 6.45) is 1.54. The van der Waals surface area contributed by atoms with Gasteiger partial charge >= 0.3 is 0 Å². The average molecular weight is 389 g/mol. The molecule has 10 heteroatoms. The zero-order valence-corrected chi connectivity index (χ0v) is 14.6. The number of phenols is 2. The van der Waals surface area contributed by atoms with Gasteiger partial charge in [-0.25, -0.2) is 5.01 Å².